The number of nitrogens with two attached hydrogens (primary N) is 1. The lowest BCUT2D eigenvalue weighted by molar-refractivity contribution is -0.151. The molecule has 1 aromatic carbocycles. The molecule has 8 heteroatoms. The van der Waals surface area contributed by atoms with Gasteiger partial charge in [-0.15, -0.1) is 0 Å². The molecule has 1 amide bonds. The molecule has 0 spiro atoms. The molecule has 8 nitrogen and oxygen atoms in total. The number of rotatable bonds is 7. The van der Waals surface area contributed by atoms with Gasteiger partial charge >= 0.3 is 5.97 Å². The number of carbonyl (C=O) groups excluding carboxylic acids is 2. The van der Waals surface area contributed by atoms with Crippen LogP contribution < -0.4 is 11.1 Å². The fourth-order valence-electron chi connectivity index (χ4n) is 3.41. The molecule has 1 aliphatic carbocycles. The molecule has 0 aliphatic heterocycles. The second-order valence-corrected chi connectivity index (χ2v) is 6.84. The number of nitrogen functional groups attached to an aromatic ring is 1. The standard InChI is InChI=1S/C20H25N3O5/c1-2-26-17(24)11-27-15-6-4-14(5-7-15)23-20(25)18-16-8-3-12(19(21)22)9-13(16)10-28-18/h3,8-10,14-15H,2,4-7,11H2,1H3,(H3,21,22)(H,23,25). The highest BCUT2D eigenvalue weighted by Crippen LogP contribution is 2.25. The van der Waals surface area contributed by atoms with Gasteiger partial charge in [0, 0.05) is 22.4 Å². The maximum atomic E-state index is 12.6. The number of hydrogen-bond donors (Lipinski definition) is 3. The number of benzene rings is 1. The molecule has 0 unspecified atom stereocenters. The third kappa shape index (κ3) is 4.69. The minimum absolute atomic E-state index is 0.00648. The Balaban J connectivity index is 1.53. The summed E-state index contributed by atoms with van der Waals surface area (Å²) in [4.78, 5) is 24.0. The van der Waals surface area contributed by atoms with E-state index < -0.39 is 0 Å². The summed E-state index contributed by atoms with van der Waals surface area (Å²) in [6.07, 6.45) is 4.58. The van der Waals surface area contributed by atoms with Crippen molar-refractivity contribution >= 4 is 28.5 Å². The highest BCUT2D eigenvalue weighted by molar-refractivity contribution is 6.07. The average molecular weight is 387 g/mol. The SMILES string of the molecule is CCOC(=O)COC1CCC(NC(=O)c2occ3cc(C(=N)N)ccc23)CC1. The van der Waals surface area contributed by atoms with Crippen molar-refractivity contribution in [3.63, 3.8) is 0 Å². The average Bonchev–Trinajstić information content (AvgIpc) is 3.11. The molecule has 1 fully saturated rings. The van der Waals surface area contributed by atoms with Crippen molar-refractivity contribution < 1.29 is 23.5 Å². The monoisotopic (exact) mass is 387 g/mol. The zero-order valence-electron chi connectivity index (χ0n) is 15.8. The summed E-state index contributed by atoms with van der Waals surface area (Å²) in [5.41, 5.74) is 6.08. The summed E-state index contributed by atoms with van der Waals surface area (Å²) in [5, 5.41) is 11.9. The van der Waals surface area contributed by atoms with Gasteiger partial charge in [-0.05, 0) is 44.7 Å². The number of fused-ring (bicyclic) bond motifs is 1. The quantitative estimate of drug-likeness (QED) is 0.380. The van der Waals surface area contributed by atoms with Crippen LogP contribution in [0.4, 0.5) is 0 Å². The van der Waals surface area contributed by atoms with Crippen LogP contribution in [0.15, 0.2) is 28.9 Å². The number of ether oxygens (including phenoxy) is 2. The third-order valence-corrected chi connectivity index (χ3v) is 4.87. The molecule has 1 heterocycles. The number of esters is 1. The van der Waals surface area contributed by atoms with Crippen LogP contribution in [0.5, 0.6) is 0 Å². The van der Waals surface area contributed by atoms with Crippen molar-refractivity contribution in [3.8, 4) is 0 Å². The molecule has 0 radical (unpaired) electrons. The lowest BCUT2D eigenvalue weighted by Crippen LogP contribution is -2.39. The van der Waals surface area contributed by atoms with Gasteiger partial charge < -0.3 is 24.9 Å². The van der Waals surface area contributed by atoms with Crippen LogP contribution in [0.2, 0.25) is 0 Å². The third-order valence-electron chi connectivity index (χ3n) is 4.87. The maximum absolute atomic E-state index is 12.6. The first-order chi connectivity index (χ1) is 13.5. The van der Waals surface area contributed by atoms with Crippen molar-refractivity contribution in [3.05, 3.63) is 35.8 Å². The fraction of sp³-hybridized carbons (Fsp3) is 0.450. The molecular weight excluding hydrogens is 362 g/mol. The zero-order valence-corrected chi connectivity index (χ0v) is 15.8. The first-order valence-corrected chi connectivity index (χ1v) is 9.41. The van der Waals surface area contributed by atoms with Crippen LogP contribution in [0.25, 0.3) is 10.8 Å². The lowest BCUT2D eigenvalue weighted by Gasteiger charge is -2.28. The highest BCUT2D eigenvalue weighted by atomic mass is 16.6. The van der Waals surface area contributed by atoms with E-state index in [0.29, 0.717) is 17.6 Å². The van der Waals surface area contributed by atoms with Crippen LogP contribution in [0, 0.1) is 5.41 Å². The van der Waals surface area contributed by atoms with E-state index in [-0.39, 0.29) is 42.2 Å². The fourth-order valence-corrected chi connectivity index (χ4v) is 3.41. The van der Waals surface area contributed by atoms with Crippen LogP contribution >= 0.6 is 0 Å². The van der Waals surface area contributed by atoms with Gasteiger partial charge in [-0.2, -0.15) is 0 Å². The molecule has 4 N–H and O–H groups in total. The maximum Gasteiger partial charge on any atom is 0.332 e. The summed E-state index contributed by atoms with van der Waals surface area (Å²) in [7, 11) is 0. The minimum atomic E-state index is -0.351. The first-order valence-electron chi connectivity index (χ1n) is 9.41. The number of amidine groups is 1. The van der Waals surface area contributed by atoms with Crippen molar-refractivity contribution in [1.29, 1.82) is 5.41 Å². The van der Waals surface area contributed by atoms with E-state index in [1.807, 2.05) is 0 Å². The van der Waals surface area contributed by atoms with Crippen molar-refractivity contribution in [2.45, 2.75) is 44.8 Å². The van der Waals surface area contributed by atoms with E-state index in [2.05, 4.69) is 5.32 Å². The Kier molecular flexibility index (Phi) is 6.30. The van der Waals surface area contributed by atoms with Crippen LogP contribution in [-0.4, -0.2) is 43.1 Å². The predicted octanol–water partition coefficient (Wildman–Crippen LogP) is 2.34. The molecule has 3 rings (SSSR count). The molecule has 1 aromatic heterocycles. The molecular formula is C20H25N3O5. The second-order valence-electron chi connectivity index (χ2n) is 6.84. The number of carbonyl (C=O) groups is 2. The topological polar surface area (TPSA) is 128 Å². The van der Waals surface area contributed by atoms with Gasteiger partial charge in [0.05, 0.1) is 19.0 Å². The van der Waals surface area contributed by atoms with Crippen molar-refractivity contribution in [2.24, 2.45) is 5.73 Å². The Hall–Kier alpha value is -2.87. The lowest BCUT2D eigenvalue weighted by atomic mass is 9.93. The molecule has 0 bridgehead atoms. The molecule has 2 aromatic rings. The minimum Gasteiger partial charge on any atom is -0.464 e. The summed E-state index contributed by atoms with van der Waals surface area (Å²) in [5.74, 6) is -0.390. The second kappa shape index (κ2) is 8.88. The van der Waals surface area contributed by atoms with Crippen LogP contribution in [0.3, 0.4) is 0 Å². The normalized spacial score (nSPS) is 19.3. The Labute approximate surface area is 162 Å². The smallest absolute Gasteiger partial charge is 0.332 e. The number of nitrogens with one attached hydrogen (secondary N) is 2. The molecule has 0 saturated heterocycles. The van der Waals surface area contributed by atoms with Gasteiger partial charge in [-0.25, -0.2) is 4.79 Å². The Morgan fingerprint density at radius 1 is 1.29 bits per heavy atom. The van der Waals surface area contributed by atoms with Gasteiger partial charge in [0.2, 0.25) is 0 Å². The van der Waals surface area contributed by atoms with Gasteiger partial charge in [-0.3, -0.25) is 10.2 Å². The number of furan rings is 1. The van der Waals surface area contributed by atoms with Crippen LogP contribution in [0.1, 0.15) is 48.7 Å². The zero-order chi connectivity index (χ0) is 20.1. The summed E-state index contributed by atoms with van der Waals surface area (Å²) >= 11 is 0. The summed E-state index contributed by atoms with van der Waals surface area (Å²) in [6, 6.07) is 5.20. The van der Waals surface area contributed by atoms with Gasteiger partial charge in [-0.1, -0.05) is 6.07 Å². The number of amides is 1. The van der Waals surface area contributed by atoms with E-state index in [1.54, 1.807) is 25.1 Å². The largest absolute Gasteiger partial charge is 0.464 e. The van der Waals surface area contributed by atoms with Gasteiger partial charge in [0.15, 0.2) is 5.76 Å². The van der Waals surface area contributed by atoms with E-state index in [1.165, 1.54) is 6.26 Å². The van der Waals surface area contributed by atoms with Crippen LogP contribution in [-0.2, 0) is 14.3 Å². The van der Waals surface area contributed by atoms with Crippen molar-refractivity contribution in [1.82, 2.24) is 5.32 Å². The van der Waals surface area contributed by atoms with E-state index in [4.69, 9.17) is 25.0 Å². The molecule has 28 heavy (non-hydrogen) atoms. The summed E-state index contributed by atoms with van der Waals surface area (Å²) < 4.78 is 15.9. The Morgan fingerprint density at radius 2 is 2.04 bits per heavy atom. The van der Waals surface area contributed by atoms with E-state index >= 15 is 0 Å². The molecule has 0 atom stereocenters. The first kappa shape index (κ1) is 19.9. The van der Waals surface area contributed by atoms with Gasteiger partial charge in [0.1, 0.15) is 12.4 Å². The molecule has 1 aliphatic rings. The summed E-state index contributed by atoms with van der Waals surface area (Å²) in [6.45, 7) is 2.07. The van der Waals surface area contributed by atoms with Crippen molar-refractivity contribution in [2.75, 3.05) is 13.2 Å². The Bertz CT molecular complexity index is 868. The molecule has 150 valence electrons. The highest BCUT2D eigenvalue weighted by Gasteiger charge is 2.25. The Morgan fingerprint density at radius 3 is 2.71 bits per heavy atom. The molecule has 1 saturated carbocycles. The number of hydrogen-bond acceptors (Lipinski definition) is 6. The van der Waals surface area contributed by atoms with E-state index in [0.717, 1.165) is 31.1 Å². The predicted molar refractivity (Wildman–Crippen MR) is 103 cm³/mol. The van der Waals surface area contributed by atoms with Gasteiger partial charge in [0.25, 0.3) is 5.91 Å². The van der Waals surface area contributed by atoms with E-state index in [9.17, 15) is 9.59 Å².